The third kappa shape index (κ3) is 4.96. The van der Waals surface area contributed by atoms with Crippen molar-refractivity contribution < 1.29 is 14.1 Å². The molecular formula is C29H28N6O4. The van der Waals surface area contributed by atoms with Crippen molar-refractivity contribution in [1.82, 2.24) is 15.0 Å². The molecule has 0 fully saturated rings. The molecule has 5 rings (SSSR count). The van der Waals surface area contributed by atoms with E-state index in [0.717, 1.165) is 35.6 Å². The van der Waals surface area contributed by atoms with Gasteiger partial charge >= 0.3 is 0 Å². The van der Waals surface area contributed by atoms with Crippen LogP contribution in [0.1, 0.15) is 35.5 Å². The molecule has 2 aromatic heterocycles. The normalized spacial score (nSPS) is 11.1. The number of nitrogens with one attached hydrogen (secondary N) is 1. The van der Waals surface area contributed by atoms with Crippen LogP contribution in [0, 0.1) is 24.0 Å². The fourth-order valence-electron chi connectivity index (χ4n) is 4.59. The lowest BCUT2D eigenvalue weighted by atomic mass is 10.1. The molecule has 2 heterocycles. The zero-order valence-electron chi connectivity index (χ0n) is 22.1. The van der Waals surface area contributed by atoms with Gasteiger partial charge in [-0.05, 0) is 87.4 Å². The third-order valence-corrected chi connectivity index (χ3v) is 6.70. The SMILES string of the molecule is CCN(CC)c1ccc(-n2nc3cc(C)c(NC(=O)c4ccc(-c5ccccc5[N+](=O)[O-])o4)cc3n2)c(C)c1. The van der Waals surface area contributed by atoms with E-state index in [0.29, 0.717) is 22.3 Å². The lowest BCUT2D eigenvalue weighted by molar-refractivity contribution is -0.384. The highest BCUT2D eigenvalue weighted by Gasteiger charge is 2.20. The van der Waals surface area contributed by atoms with Gasteiger partial charge < -0.3 is 14.6 Å². The number of fused-ring (bicyclic) bond motifs is 1. The Balaban J connectivity index is 1.40. The average Bonchev–Trinajstić information content (AvgIpc) is 3.57. The number of hydrogen-bond donors (Lipinski definition) is 1. The van der Waals surface area contributed by atoms with Crippen LogP contribution in [0.3, 0.4) is 0 Å². The fourth-order valence-corrected chi connectivity index (χ4v) is 4.59. The topological polar surface area (TPSA) is 119 Å². The summed E-state index contributed by atoms with van der Waals surface area (Å²) in [4.78, 5) is 27.8. The predicted molar refractivity (Wildman–Crippen MR) is 151 cm³/mol. The summed E-state index contributed by atoms with van der Waals surface area (Å²) in [5, 5.41) is 23.6. The molecule has 10 nitrogen and oxygen atoms in total. The number of nitrogens with zero attached hydrogens (tertiary/aromatic N) is 5. The van der Waals surface area contributed by atoms with E-state index in [1.54, 1.807) is 35.1 Å². The number of carbonyl (C=O) groups is 1. The highest BCUT2D eigenvalue weighted by atomic mass is 16.6. The summed E-state index contributed by atoms with van der Waals surface area (Å²) in [6.07, 6.45) is 0. The molecule has 0 saturated heterocycles. The largest absolute Gasteiger partial charge is 0.451 e. The van der Waals surface area contributed by atoms with Gasteiger partial charge in [0.05, 0.1) is 16.2 Å². The maximum atomic E-state index is 13.0. The van der Waals surface area contributed by atoms with Crippen molar-refractivity contribution in [3.05, 3.63) is 93.7 Å². The second-order valence-electron chi connectivity index (χ2n) is 9.18. The first-order chi connectivity index (χ1) is 18.8. The summed E-state index contributed by atoms with van der Waals surface area (Å²) in [7, 11) is 0. The molecule has 39 heavy (non-hydrogen) atoms. The number of nitro benzene ring substituents is 1. The first kappa shape index (κ1) is 25.7. The van der Waals surface area contributed by atoms with Crippen molar-refractivity contribution in [3.63, 3.8) is 0 Å². The summed E-state index contributed by atoms with van der Waals surface area (Å²) in [5.74, 6) is -0.197. The van der Waals surface area contributed by atoms with Crippen molar-refractivity contribution in [3.8, 4) is 17.0 Å². The molecule has 0 atom stereocenters. The monoisotopic (exact) mass is 524 g/mol. The minimum absolute atomic E-state index is 0.0372. The summed E-state index contributed by atoms with van der Waals surface area (Å²) in [6.45, 7) is 10.0. The standard InChI is InChI=1S/C29H28N6O4/c1-5-33(6-2)20-11-12-25(19(4)15-20)34-31-23-16-18(3)22(17-24(23)32-34)30-29(36)28-14-13-27(39-28)21-9-7-8-10-26(21)35(37)38/h7-17H,5-6H2,1-4H3,(H,30,36). The Morgan fingerprint density at radius 1 is 0.974 bits per heavy atom. The average molecular weight is 525 g/mol. The zero-order chi connectivity index (χ0) is 27.7. The molecule has 3 aromatic carbocycles. The van der Waals surface area contributed by atoms with E-state index >= 15 is 0 Å². The van der Waals surface area contributed by atoms with Gasteiger partial charge in [-0.15, -0.1) is 10.2 Å². The van der Waals surface area contributed by atoms with Crippen LogP contribution < -0.4 is 10.2 Å². The first-order valence-electron chi connectivity index (χ1n) is 12.7. The Labute approximate surface area is 225 Å². The number of hydrogen-bond acceptors (Lipinski definition) is 7. The molecule has 0 aliphatic heterocycles. The van der Waals surface area contributed by atoms with E-state index in [1.165, 1.54) is 12.1 Å². The van der Waals surface area contributed by atoms with Gasteiger partial charge in [-0.3, -0.25) is 14.9 Å². The Morgan fingerprint density at radius 3 is 2.38 bits per heavy atom. The highest BCUT2D eigenvalue weighted by molar-refractivity contribution is 6.04. The molecule has 1 N–H and O–H groups in total. The van der Waals surface area contributed by atoms with Crippen LogP contribution in [0.25, 0.3) is 28.0 Å². The molecular weight excluding hydrogens is 496 g/mol. The van der Waals surface area contributed by atoms with E-state index in [4.69, 9.17) is 4.42 Å². The second kappa shape index (κ2) is 10.4. The van der Waals surface area contributed by atoms with Crippen molar-refractivity contribution >= 4 is 34.0 Å². The number of para-hydroxylation sites is 1. The van der Waals surface area contributed by atoms with Crippen LogP contribution in [0.2, 0.25) is 0 Å². The smallest absolute Gasteiger partial charge is 0.291 e. The Morgan fingerprint density at radius 2 is 1.69 bits per heavy atom. The molecule has 0 aliphatic carbocycles. The van der Waals surface area contributed by atoms with E-state index in [-0.39, 0.29) is 17.2 Å². The number of carbonyl (C=O) groups excluding carboxylic acids is 1. The second-order valence-corrected chi connectivity index (χ2v) is 9.18. The number of aromatic nitrogens is 3. The van der Waals surface area contributed by atoms with E-state index < -0.39 is 10.8 Å². The van der Waals surface area contributed by atoms with Gasteiger partial charge in [0.2, 0.25) is 0 Å². The van der Waals surface area contributed by atoms with Crippen LogP contribution in [0.15, 0.2) is 71.1 Å². The van der Waals surface area contributed by atoms with E-state index in [1.807, 2.05) is 26.0 Å². The molecule has 10 heteroatoms. The van der Waals surface area contributed by atoms with Gasteiger partial charge in [0, 0.05) is 30.5 Å². The summed E-state index contributed by atoms with van der Waals surface area (Å²) < 4.78 is 5.69. The Bertz CT molecular complexity index is 1700. The summed E-state index contributed by atoms with van der Waals surface area (Å²) in [5.41, 5.74) is 6.00. The van der Waals surface area contributed by atoms with Gasteiger partial charge in [0.25, 0.3) is 11.6 Å². The van der Waals surface area contributed by atoms with Crippen molar-refractivity contribution in [2.24, 2.45) is 0 Å². The van der Waals surface area contributed by atoms with Crippen molar-refractivity contribution in [1.29, 1.82) is 0 Å². The molecule has 0 bridgehead atoms. The molecule has 0 aliphatic rings. The number of rotatable bonds is 8. The van der Waals surface area contributed by atoms with Gasteiger partial charge in [-0.2, -0.15) is 4.80 Å². The van der Waals surface area contributed by atoms with Crippen molar-refractivity contribution in [2.45, 2.75) is 27.7 Å². The minimum atomic E-state index is -0.482. The summed E-state index contributed by atoms with van der Waals surface area (Å²) >= 11 is 0. The number of benzene rings is 3. The van der Waals surface area contributed by atoms with E-state index in [9.17, 15) is 14.9 Å². The molecule has 0 radical (unpaired) electrons. The van der Waals surface area contributed by atoms with Crippen LogP contribution >= 0.6 is 0 Å². The molecule has 5 aromatic rings. The van der Waals surface area contributed by atoms with Gasteiger partial charge in [0.15, 0.2) is 5.76 Å². The number of anilines is 2. The third-order valence-electron chi connectivity index (χ3n) is 6.70. The maximum absolute atomic E-state index is 13.0. The highest BCUT2D eigenvalue weighted by Crippen LogP contribution is 2.31. The van der Waals surface area contributed by atoms with Gasteiger partial charge in [0.1, 0.15) is 16.8 Å². The number of aryl methyl sites for hydroxylation is 2. The fraction of sp³-hybridized carbons (Fsp3) is 0.207. The minimum Gasteiger partial charge on any atom is -0.451 e. The predicted octanol–water partition coefficient (Wildman–Crippen LogP) is 6.30. The molecule has 198 valence electrons. The Hall–Kier alpha value is -4.99. The first-order valence-corrected chi connectivity index (χ1v) is 12.7. The Kier molecular flexibility index (Phi) is 6.84. The zero-order valence-corrected chi connectivity index (χ0v) is 22.1. The maximum Gasteiger partial charge on any atom is 0.291 e. The quantitative estimate of drug-likeness (QED) is 0.187. The summed E-state index contributed by atoms with van der Waals surface area (Å²) in [6, 6.07) is 19.1. The number of furan rings is 1. The molecule has 1 amide bonds. The molecule has 0 saturated carbocycles. The van der Waals surface area contributed by atoms with Crippen molar-refractivity contribution in [2.75, 3.05) is 23.3 Å². The van der Waals surface area contributed by atoms with Crippen LogP contribution in [-0.4, -0.2) is 38.9 Å². The number of amides is 1. The van der Waals surface area contributed by atoms with Gasteiger partial charge in [-0.25, -0.2) is 0 Å². The lowest BCUT2D eigenvalue weighted by Crippen LogP contribution is -2.21. The molecule has 0 spiro atoms. The van der Waals surface area contributed by atoms with Crippen LogP contribution in [-0.2, 0) is 0 Å². The van der Waals surface area contributed by atoms with Gasteiger partial charge in [-0.1, -0.05) is 12.1 Å². The van der Waals surface area contributed by atoms with Crippen LogP contribution in [0.4, 0.5) is 17.1 Å². The molecule has 0 unspecified atom stereocenters. The van der Waals surface area contributed by atoms with Crippen LogP contribution in [0.5, 0.6) is 0 Å². The lowest BCUT2D eigenvalue weighted by Gasteiger charge is -2.22. The number of nitro groups is 1. The van der Waals surface area contributed by atoms with E-state index in [2.05, 4.69) is 46.4 Å².